The van der Waals surface area contributed by atoms with Gasteiger partial charge < -0.3 is 28.5 Å². The summed E-state index contributed by atoms with van der Waals surface area (Å²) in [6.45, 7) is 10.7. The van der Waals surface area contributed by atoms with Gasteiger partial charge in [-0.15, -0.1) is 0 Å². The van der Waals surface area contributed by atoms with E-state index in [0.29, 0.717) is 76.2 Å². The number of ether oxygens (including phenoxy) is 2. The quantitative estimate of drug-likeness (QED) is 0.0416. The maximum atomic E-state index is 12.6. The Bertz CT molecular complexity index is 2430. The van der Waals surface area contributed by atoms with E-state index in [9.17, 15) is 24.3 Å². The lowest BCUT2D eigenvalue weighted by atomic mass is 10.0. The standard InChI is InChI=1S/C26H24O6.C18H16O4/c1-16(2)24(27)30-13-5-6-18-7-8-20-15-22(26(29)32-23(20)14-18)19-9-11-21(12-10-19)31-25(28)17(3)4;19-9-1-2-12-3-4-14-11-16(18(21)22-17(14)10-12)13-5-7-15(20)8-6-13/h7-12,14-15H,1,3,5-6,13H2,2,4H3;3-8,10-11,19-20H,1-2,9H2. The van der Waals surface area contributed by atoms with Crippen LogP contribution in [-0.4, -0.2) is 35.4 Å². The molecule has 10 heteroatoms. The zero-order chi connectivity index (χ0) is 38.8. The number of hydrogen-bond acceptors (Lipinski definition) is 10. The molecule has 2 aromatic heterocycles. The van der Waals surface area contributed by atoms with Crippen molar-refractivity contribution in [1.29, 1.82) is 0 Å². The van der Waals surface area contributed by atoms with Crippen molar-refractivity contribution in [1.82, 2.24) is 0 Å². The van der Waals surface area contributed by atoms with Gasteiger partial charge in [-0.25, -0.2) is 19.2 Å². The second kappa shape index (κ2) is 17.8. The second-order valence-electron chi connectivity index (χ2n) is 12.7. The summed E-state index contributed by atoms with van der Waals surface area (Å²) in [5, 5.41) is 19.8. The van der Waals surface area contributed by atoms with E-state index in [1.54, 1.807) is 62.4 Å². The molecule has 0 spiro atoms. The lowest BCUT2D eigenvalue weighted by Crippen LogP contribution is -2.08. The van der Waals surface area contributed by atoms with E-state index >= 15 is 0 Å². The third kappa shape index (κ3) is 10.1. The Morgan fingerprint density at radius 1 is 0.648 bits per heavy atom. The van der Waals surface area contributed by atoms with Gasteiger partial charge in [-0.05, 0) is 110 Å². The molecule has 0 aliphatic rings. The lowest BCUT2D eigenvalue weighted by molar-refractivity contribution is -0.139. The third-order valence-electron chi connectivity index (χ3n) is 8.32. The molecule has 6 aromatic rings. The normalized spacial score (nSPS) is 10.7. The van der Waals surface area contributed by atoms with Crippen molar-refractivity contribution in [2.75, 3.05) is 13.2 Å². The van der Waals surface area contributed by atoms with Crippen LogP contribution in [0.15, 0.2) is 140 Å². The molecule has 0 saturated carbocycles. The first kappa shape index (κ1) is 38.7. The number of phenolic OH excluding ortho intramolecular Hbond substituents is 1. The fourth-order valence-corrected chi connectivity index (χ4v) is 5.41. The topological polar surface area (TPSA) is 153 Å². The van der Waals surface area contributed by atoms with E-state index in [2.05, 4.69) is 13.2 Å². The van der Waals surface area contributed by atoms with Crippen LogP contribution in [0.25, 0.3) is 44.2 Å². The molecule has 10 nitrogen and oxygen atoms in total. The average Bonchev–Trinajstić information content (AvgIpc) is 3.15. The summed E-state index contributed by atoms with van der Waals surface area (Å²) in [6, 6.07) is 28.0. The van der Waals surface area contributed by atoms with Gasteiger partial charge in [-0.1, -0.05) is 61.7 Å². The van der Waals surface area contributed by atoms with Crippen molar-refractivity contribution < 1.29 is 38.1 Å². The monoisotopic (exact) mass is 728 g/mol. The Hall–Kier alpha value is -6.52. The minimum absolute atomic E-state index is 0.141. The van der Waals surface area contributed by atoms with Crippen LogP contribution in [0, 0.1) is 0 Å². The van der Waals surface area contributed by atoms with E-state index in [4.69, 9.17) is 23.4 Å². The molecule has 0 fully saturated rings. The maximum absolute atomic E-state index is 12.6. The van der Waals surface area contributed by atoms with Gasteiger partial charge in [0, 0.05) is 28.5 Å². The molecule has 0 unspecified atom stereocenters. The van der Waals surface area contributed by atoms with E-state index in [1.165, 1.54) is 12.1 Å². The first-order valence-electron chi connectivity index (χ1n) is 17.3. The van der Waals surface area contributed by atoms with E-state index in [0.717, 1.165) is 28.3 Å². The number of aryl methyl sites for hydroxylation is 2. The van der Waals surface area contributed by atoms with E-state index < -0.39 is 23.2 Å². The Labute approximate surface area is 311 Å². The molecular weight excluding hydrogens is 688 g/mol. The average molecular weight is 729 g/mol. The van der Waals surface area contributed by atoms with Gasteiger partial charge >= 0.3 is 23.2 Å². The summed E-state index contributed by atoms with van der Waals surface area (Å²) in [4.78, 5) is 47.8. The molecule has 6 rings (SSSR count). The summed E-state index contributed by atoms with van der Waals surface area (Å²) in [5.74, 6) is -0.384. The SMILES string of the molecule is C=C(C)C(=O)OCCCc1ccc2cc(-c3ccc(OC(=O)C(=C)C)cc3)c(=O)oc2c1.O=c1oc2cc(CCCO)ccc2cc1-c1ccc(O)cc1. The van der Waals surface area contributed by atoms with Crippen LogP contribution in [0.5, 0.6) is 11.5 Å². The molecule has 0 atom stereocenters. The third-order valence-corrected chi connectivity index (χ3v) is 8.32. The van der Waals surface area contributed by atoms with Gasteiger partial charge in [0.1, 0.15) is 22.7 Å². The molecule has 0 aliphatic carbocycles. The zero-order valence-electron chi connectivity index (χ0n) is 30.1. The van der Waals surface area contributed by atoms with Crippen LogP contribution in [-0.2, 0) is 27.2 Å². The number of aliphatic hydroxyl groups is 1. The van der Waals surface area contributed by atoms with Crippen molar-refractivity contribution in [3.8, 4) is 33.8 Å². The van der Waals surface area contributed by atoms with Crippen molar-refractivity contribution >= 4 is 33.9 Å². The van der Waals surface area contributed by atoms with Crippen LogP contribution >= 0.6 is 0 Å². The highest BCUT2D eigenvalue weighted by Crippen LogP contribution is 2.26. The molecule has 0 amide bonds. The Morgan fingerprint density at radius 2 is 1.13 bits per heavy atom. The minimum atomic E-state index is -0.507. The number of hydrogen-bond donors (Lipinski definition) is 2. The lowest BCUT2D eigenvalue weighted by Gasteiger charge is -2.07. The van der Waals surface area contributed by atoms with Gasteiger partial charge in [-0.2, -0.15) is 0 Å². The summed E-state index contributed by atoms with van der Waals surface area (Å²) in [5.41, 5.74) is 5.08. The number of rotatable bonds is 12. The molecule has 4 aromatic carbocycles. The highest BCUT2D eigenvalue weighted by molar-refractivity contribution is 5.89. The fraction of sp³-hybridized carbons (Fsp3) is 0.182. The number of esters is 2. The van der Waals surface area contributed by atoms with Crippen LogP contribution < -0.4 is 16.0 Å². The second-order valence-corrected chi connectivity index (χ2v) is 12.7. The van der Waals surface area contributed by atoms with Crippen LogP contribution in [0.4, 0.5) is 0 Å². The molecular formula is C44H40O10. The predicted octanol–water partition coefficient (Wildman–Crippen LogP) is 8.08. The summed E-state index contributed by atoms with van der Waals surface area (Å²) in [6.07, 6.45) is 2.75. The fourth-order valence-electron chi connectivity index (χ4n) is 5.41. The maximum Gasteiger partial charge on any atom is 0.344 e. The Morgan fingerprint density at radius 3 is 1.61 bits per heavy atom. The van der Waals surface area contributed by atoms with E-state index in [1.807, 2.05) is 36.4 Å². The van der Waals surface area contributed by atoms with Gasteiger partial charge in [0.2, 0.25) is 0 Å². The molecule has 2 N–H and O–H groups in total. The number of carbonyl (C=O) groups is 2. The molecule has 0 bridgehead atoms. The van der Waals surface area contributed by atoms with Gasteiger partial charge in [0.05, 0.1) is 17.7 Å². The van der Waals surface area contributed by atoms with Gasteiger partial charge in [0.15, 0.2) is 0 Å². The van der Waals surface area contributed by atoms with Crippen molar-refractivity contribution in [3.05, 3.63) is 153 Å². The molecule has 0 aliphatic heterocycles. The Balaban J connectivity index is 0.000000222. The predicted molar refractivity (Wildman–Crippen MR) is 207 cm³/mol. The number of phenols is 1. The Kier molecular flexibility index (Phi) is 12.8. The highest BCUT2D eigenvalue weighted by Gasteiger charge is 2.12. The van der Waals surface area contributed by atoms with Crippen molar-refractivity contribution in [3.63, 3.8) is 0 Å². The smallest absolute Gasteiger partial charge is 0.344 e. The van der Waals surface area contributed by atoms with Crippen molar-refractivity contribution in [2.45, 2.75) is 39.5 Å². The van der Waals surface area contributed by atoms with Crippen LogP contribution in [0.3, 0.4) is 0 Å². The first-order chi connectivity index (χ1) is 25.9. The summed E-state index contributed by atoms with van der Waals surface area (Å²) < 4.78 is 21.2. The molecule has 0 saturated heterocycles. The molecule has 2 heterocycles. The highest BCUT2D eigenvalue weighted by atomic mass is 16.5. The number of aromatic hydroxyl groups is 1. The zero-order valence-corrected chi connectivity index (χ0v) is 30.1. The van der Waals surface area contributed by atoms with Crippen LogP contribution in [0.2, 0.25) is 0 Å². The van der Waals surface area contributed by atoms with Gasteiger partial charge in [-0.3, -0.25) is 0 Å². The van der Waals surface area contributed by atoms with E-state index in [-0.39, 0.29) is 12.4 Å². The largest absolute Gasteiger partial charge is 0.508 e. The van der Waals surface area contributed by atoms with Crippen molar-refractivity contribution in [2.24, 2.45) is 0 Å². The number of benzene rings is 4. The summed E-state index contributed by atoms with van der Waals surface area (Å²) >= 11 is 0. The molecule has 0 radical (unpaired) electrons. The first-order valence-corrected chi connectivity index (χ1v) is 17.3. The number of aliphatic hydroxyl groups excluding tert-OH is 1. The molecule has 54 heavy (non-hydrogen) atoms. The van der Waals surface area contributed by atoms with Gasteiger partial charge in [0.25, 0.3) is 0 Å². The van der Waals surface area contributed by atoms with Crippen LogP contribution in [0.1, 0.15) is 37.8 Å². The molecule has 276 valence electrons. The number of fused-ring (bicyclic) bond motifs is 2. The summed E-state index contributed by atoms with van der Waals surface area (Å²) in [7, 11) is 0. The minimum Gasteiger partial charge on any atom is -0.508 e. The number of carbonyl (C=O) groups excluding carboxylic acids is 2.